The molecule has 0 spiro atoms. The van der Waals surface area contributed by atoms with Crippen molar-refractivity contribution in [3.8, 4) is 5.75 Å². The molecule has 0 saturated carbocycles. The van der Waals surface area contributed by atoms with E-state index in [0.717, 1.165) is 11.0 Å². The van der Waals surface area contributed by atoms with Crippen LogP contribution in [0.2, 0.25) is 0 Å². The Morgan fingerprint density at radius 1 is 1.38 bits per heavy atom. The molecular formula is C15H24BrClN2O2. The zero-order valence-electron chi connectivity index (χ0n) is 12.9. The minimum absolute atomic E-state index is 0. The van der Waals surface area contributed by atoms with E-state index in [0.29, 0.717) is 12.3 Å². The van der Waals surface area contributed by atoms with Crippen molar-refractivity contribution in [1.82, 2.24) is 10.2 Å². The first-order valence-corrected chi connectivity index (χ1v) is 7.57. The van der Waals surface area contributed by atoms with Gasteiger partial charge in [-0.3, -0.25) is 4.79 Å². The summed E-state index contributed by atoms with van der Waals surface area (Å²) in [7, 11) is 3.67. The van der Waals surface area contributed by atoms with Gasteiger partial charge in [-0.2, -0.15) is 0 Å². The third-order valence-electron chi connectivity index (χ3n) is 3.01. The van der Waals surface area contributed by atoms with E-state index in [4.69, 9.17) is 4.74 Å². The summed E-state index contributed by atoms with van der Waals surface area (Å²) in [4.78, 5) is 14.2. The number of hydrogen-bond donors (Lipinski definition) is 1. The van der Waals surface area contributed by atoms with Crippen molar-refractivity contribution in [1.29, 1.82) is 0 Å². The number of benzene rings is 1. The topological polar surface area (TPSA) is 41.6 Å². The number of nitrogens with zero attached hydrogens (tertiary/aromatic N) is 1. The van der Waals surface area contributed by atoms with Crippen LogP contribution < -0.4 is 10.1 Å². The van der Waals surface area contributed by atoms with Gasteiger partial charge in [-0.25, -0.2) is 0 Å². The van der Waals surface area contributed by atoms with Crippen LogP contribution in [0.25, 0.3) is 0 Å². The Kier molecular flexibility index (Phi) is 9.66. The maximum atomic E-state index is 12.5. The van der Waals surface area contributed by atoms with E-state index >= 15 is 0 Å². The first-order chi connectivity index (χ1) is 9.47. The van der Waals surface area contributed by atoms with E-state index in [9.17, 15) is 4.79 Å². The van der Waals surface area contributed by atoms with Crippen molar-refractivity contribution in [3.05, 3.63) is 28.7 Å². The van der Waals surface area contributed by atoms with E-state index in [1.807, 2.05) is 45.2 Å². The molecule has 1 amide bonds. The predicted molar refractivity (Wildman–Crippen MR) is 92.2 cm³/mol. The molecule has 120 valence electrons. The van der Waals surface area contributed by atoms with Gasteiger partial charge in [-0.15, -0.1) is 12.4 Å². The van der Waals surface area contributed by atoms with Crippen LogP contribution in [0.5, 0.6) is 5.75 Å². The average Bonchev–Trinajstić information content (AvgIpc) is 2.42. The third kappa shape index (κ3) is 6.24. The van der Waals surface area contributed by atoms with Gasteiger partial charge in [0.15, 0.2) is 6.10 Å². The molecule has 0 radical (unpaired) electrons. The van der Waals surface area contributed by atoms with Gasteiger partial charge in [0, 0.05) is 20.1 Å². The molecule has 1 N–H and O–H groups in total. The third-order valence-corrected chi connectivity index (χ3v) is 3.67. The van der Waals surface area contributed by atoms with Gasteiger partial charge in [-0.1, -0.05) is 26.0 Å². The van der Waals surface area contributed by atoms with Gasteiger partial charge in [-0.05, 0) is 41.0 Å². The Balaban J connectivity index is 0.00000400. The van der Waals surface area contributed by atoms with Gasteiger partial charge in [0.2, 0.25) is 0 Å². The zero-order chi connectivity index (χ0) is 15.1. The molecule has 1 unspecified atom stereocenters. The number of carbonyl (C=O) groups is 1. The second-order valence-electron chi connectivity index (χ2n) is 5.08. The Morgan fingerprint density at radius 2 is 2.00 bits per heavy atom. The molecule has 1 aromatic rings. The SMILES string of the molecule is CNCCN(C)C(=O)C(Oc1ccccc1Br)C(C)C.Cl. The summed E-state index contributed by atoms with van der Waals surface area (Å²) in [5, 5.41) is 3.04. The molecule has 21 heavy (non-hydrogen) atoms. The van der Waals surface area contributed by atoms with E-state index in [-0.39, 0.29) is 24.2 Å². The summed E-state index contributed by atoms with van der Waals surface area (Å²) in [6.07, 6.45) is -0.476. The minimum atomic E-state index is -0.476. The van der Waals surface area contributed by atoms with Gasteiger partial charge in [0.05, 0.1) is 4.47 Å². The minimum Gasteiger partial charge on any atom is -0.479 e. The number of hydrogen-bond acceptors (Lipinski definition) is 3. The van der Waals surface area contributed by atoms with Crippen LogP contribution in [-0.4, -0.2) is 44.1 Å². The highest BCUT2D eigenvalue weighted by Crippen LogP contribution is 2.26. The molecule has 1 atom stereocenters. The quantitative estimate of drug-likeness (QED) is 0.792. The molecule has 0 aromatic heterocycles. The van der Waals surface area contributed by atoms with E-state index < -0.39 is 6.10 Å². The number of ether oxygens (including phenoxy) is 1. The smallest absolute Gasteiger partial charge is 0.263 e. The Morgan fingerprint density at radius 3 is 2.52 bits per heavy atom. The molecule has 0 fully saturated rings. The number of rotatable bonds is 7. The van der Waals surface area contributed by atoms with Crippen LogP contribution in [0.15, 0.2) is 28.7 Å². The summed E-state index contributed by atoms with van der Waals surface area (Å²) in [6, 6.07) is 7.58. The molecule has 1 aromatic carbocycles. The standard InChI is InChI=1S/C15H23BrN2O2.ClH/c1-11(2)14(15(19)18(4)10-9-17-3)20-13-8-6-5-7-12(13)16;/h5-8,11,14,17H,9-10H2,1-4H3;1H. The van der Waals surface area contributed by atoms with Crippen LogP contribution in [0, 0.1) is 5.92 Å². The van der Waals surface area contributed by atoms with Crippen molar-refractivity contribution in [2.75, 3.05) is 27.2 Å². The van der Waals surface area contributed by atoms with Crippen molar-refractivity contribution in [2.45, 2.75) is 20.0 Å². The second-order valence-corrected chi connectivity index (χ2v) is 5.93. The van der Waals surface area contributed by atoms with Crippen molar-refractivity contribution in [2.24, 2.45) is 5.92 Å². The molecule has 1 rings (SSSR count). The lowest BCUT2D eigenvalue weighted by molar-refractivity contribution is -0.139. The highest BCUT2D eigenvalue weighted by Gasteiger charge is 2.27. The van der Waals surface area contributed by atoms with Crippen LogP contribution in [0.4, 0.5) is 0 Å². The molecule has 4 nitrogen and oxygen atoms in total. The highest BCUT2D eigenvalue weighted by atomic mass is 79.9. The van der Waals surface area contributed by atoms with Gasteiger partial charge in [0.1, 0.15) is 5.75 Å². The maximum Gasteiger partial charge on any atom is 0.263 e. The first-order valence-electron chi connectivity index (χ1n) is 6.78. The normalized spacial score (nSPS) is 11.7. The average molecular weight is 380 g/mol. The molecule has 0 heterocycles. The molecule has 0 aliphatic heterocycles. The molecule has 6 heteroatoms. The molecule has 0 saturated heterocycles. The fraction of sp³-hybridized carbons (Fsp3) is 0.533. The number of likely N-dealkylation sites (N-methyl/N-ethyl adjacent to an activating group) is 2. The lowest BCUT2D eigenvalue weighted by Gasteiger charge is -2.27. The van der Waals surface area contributed by atoms with E-state index in [1.54, 1.807) is 11.9 Å². The Hall–Kier alpha value is -0.780. The van der Waals surface area contributed by atoms with Gasteiger partial charge < -0.3 is 15.0 Å². The molecule has 0 aliphatic rings. The maximum absolute atomic E-state index is 12.5. The van der Waals surface area contributed by atoms with Crippen molar-refractivity contribution >= 4 is 34.2 Å². The molecule has 0 bridgehead atoms. The van der Waals surface area contributed by atoms with Crippen LogP contribution in [0.3, 0.4) is 0 Å². The summed E-state index contributed by atoms with van der Waals surface area (Å²) < 4.78 is 6.77. The lowest BCUT2D eigenvalue weighted by atomic mass is 10.1. The first kappa shape index (κ1) is 20.2. The number of halogens is 2. The monoisotopic (exact) mass is 378 g/mol. The van der Waals surface area contributed by atoms with Crippen molar-refractivity contribution < 1.29 is 9.53 Å². The summed E-state index contributed by atoms with van der Waals surface area (Å²) in [5.41, 5.74) is 0. The fourth-order valence-electron chi connectivity index (χ4n) is 1.76. The van der Waals surface area contributed by atoms with Crippen molar-refractivity contribution in [3.63, 3.8) is 0 Å². The number of nitrogens with one attached hydrogen (secondary N) is 1. The van der Waals surface area contributed by atoms with Crippen LogP contribution in [-0.2, 0) is 4.79 Å². The second kappa shape index (κ2) is 10.0. The number of amides is 1. The number of para-hydroxylation sites is 1. The summed E-state index contributed by atoms with van der Waals surface area (Å²) >= 11 is 3.44. The number of carbonyl (C=O) groups excluding carboxylic acids is 1. The van der Waals surface area contributed by atoms with Gasteiger partial charge >= 0.3 is 0 Å². The summed E-state index contributed by atoms with van der Waals surface area (Å²) in [6.45, 7) is 5.41. The Bertz CT molecular complexity index is 443. The fourth-order valence-corrected chi connectivity index (χ4v) is 2.13. The Labute approximate surface area is 141 Å². The molecule has 0 aliphatic carbocycles. The zero-order valence-corrected chi connectivity index (χ0v) is 15.3. The largest absolute Gasteiger partial charge is 0.479 e. The molecular weight excluding hydrogens is 356 g/mol. The van der Waals surface area contributed by atoms with Crippen LogP contribution >= 0.6 is 28.3 Å². The van der Waals surface area contributed by atoms with E-state index in [2.05, 4.69) is 21.2 Å². The van der Waals surface area contributed by atoms with Crippen LogP contribution in [0.1, 0.15) is 13.8 Å². The lowest BCUT2D eigenvalue weighted by Crippen LogP contribution is -2.44. The van der Waals surface area contributed by atoms with E-state index in [1.165, 1.54) is 0 Å². The summed E-state index contributed by atoms with van der Waals surface area (Å²) in [5.74, 6) is 0.805. The predicted octanol–water partition coefficient (Wildman–Crippen LogP) is 2.95. The highest BCUT2D eigenvalue weighted by molar-refractivity contribution is 9.10. The van der Waals surface area contributed by atoms with Gasteiger partial charge in [0.25, 0.3) is 5.91 Å².